The predicted octanol–water partition coefficient (Wildman–Crippen LogP) is 3.85. The van der Waals surface area contributed by atoms with Crippen molar-refractivity contribution in [1.82, 2.24) is 0 Å². The number of rotatable bonds is 9. The van der Waals surface area contributed by atoms with Gasteiger partial charge in [-0.2, -0.15) is 5.26 Å². The molecule has 0 aliphatic heterocycles. The molecule has 0 amide bonds. The summed E-state index contributed by atoms with van der Waals surface area (Å²) in [6, 6.07) is 10.3. The molecule has 0 saturated heterocycles. The summed E-state index contributed by atoms with van der Waals surface area (Å²) in [5.41, 5.74) is 7.64. The highest BCUT2D eigenvalue weighted by atomic mass is 16.5. The second-order valence-corrected chi connectivity index (χ2v) is 6.16. The van der Waals surface area contributed by atoms with Gasteiger partial charge in [0.2, 0.25) is 0 Å². The fourth-order valence-electron chi connectivity index (χ4n) is 2.70. The van der Waals surface area contributed by atoms with Crippen LogP contribution in [0.2, 0.25) is 0 Å². The van der Waals surface area contributed by atoms with Crippen molar-refractivity contribution in [1.29, 1.82) is 5.26 Å². The Labute approximate surface area is 159 Å². The minimum Gasteiger partial charge on any atom is -0.507 e. The highest BCUT2D eigenvalue weighted by Gasteiger charge is 2.15. The van der Waals surface area contributed by atoms with Crippen molar-refractivity contribution in [2.45, 2.75) is 33.1 Å². The number of nitrogens with zero attached hydrogens (tertiary/aromatic N) is 1. The molecule has 142 valence electrons. The van der Waals surface area contributed by atoms with Crippen LogP contribution in [0.1, 0.15) is 48.2 Å². The molecule has 0 aliphatic carbocycles. The first-order valence-corrected chi connectivity index (χ1v) is 8.88. The van der Waals surface area contributed by atoms with Crippen molar-refractivity contribution in [3.8, 4) is 23.3 Å². The highest BCUT2D eigenvalue weighted by Crippen LogP contribution is 2.33. The number of nitrogen functional groups attached to an aromatic ring is 1. The molecule has 6 heteroatoms. The molecule has 0 aromatic heterocycles. The summed E-state index contributed by atoms with van der Waals surface area (Å²) < 4.78 is 11.4. The number of phenolic OH excluding ortho intramolecular Hbond substituents is 1. The Morgan fingerprint density at radius 3 is 2.52 bits per heavy atom. The molecule has 0 atom stereocenters. The van der Waals surface area contributed by atoms with Gasteiger partial charge in [-0.15, -0.1) is 0 Å². The molecule has 0 spiro atoms. The number of anilines is 1. The summed E-state index contributed by atoms with van der Waals surface area (Å²) in [5, 5.41) is 19.4. The van der Waals surface area contributed by atoms with Crippen LogP contribution in [-0.2, 0) is 6.42 Å². The normalized spacial score (nSPS) is 10.3. The average molecular weight is 368 g/mol. The van der Waals surface area contributed by atoms with Gasteiger partial charge in [-0.3, -0.25) is 4.79 Å². The lowest BCUT2D eigenvalue weighted by atomic mass is 10.0. The fraction of sp³-hybridized carbons (Fsp3) is 0.333. The Bertz CT molecular complexity index is 856. The van der Waals surface area contributed by atoms with Crippen LogP contribution in [0, 0.1) is 11.3 Å². The maximum absolute atomic E-state index is 11.6. The highest BCUT2D eigenvalue weighted by molar-refractivity contribution is 5.97. The third kappa shape index (κ3) is 5.14. The monoisotopic (exact) mass is 368 g/mol. The molecular formula is C21H24N2O4. The first-order valence-electron chi connectivity index (χ1n) is 8.88. The Morgan fingerprint density at radius 2 is 1.89 bits per heavy atom. The van der Waals surface area contributed by atoms with Gasteiger partial charge in [0.05, 0.1) is 24.3 Å². The van der Waals surface area contributed by atoms with E-state index in [-0.39, 0.29) is 11.5 Å². The zero-order valence-electron chi connectivity index (χ0n) is 15.6. The molecule has 0 saturated carbocycles. The molecule has 0 fully saturated rings. The molecule has 6 nitrogen and oxygen atoms in total. The lowest BCUT2D eigenvalue weighted by Gasteiger charge is -2.15. The first kappa shape index (κ1) is 20.1. The molecule has 2 aromatic carbocycles. The van der Waals surface area contributed by atoms with Gasteiger partial charge >= 0.3 is 0 Å². The van der Waals surface area contributed by atoms with Crippen LogP contribution in [0.25, 0.3) is 0 Å². The Hall–Kier alpha value is -3.20. The number of hydrogen-bond donors (Lipinski definition) is 2. The van der Waals surface area contributed by atoms with Crippen molar-refractivity contribution in [3.05, 3.63) is 47.0 Å². The number of Topliss-reactive ketones (excluding diaryl/α,β-unsaturated/α-hetero) is 1. The second-order valence-electron chi connectivity index (χ2n) is 6.16. The molecule has 0 bridgehead atoms. The van der Waals surface area contributed by atoms with Crippen LogP contribution in [0.3, 0.4) is 0 Å². The van der Waals surface area contributed by atoms with Crippen LogP contribution in [0.5, 0.6) is 17.2 Å². The van der Waals surface area contributed by atoms with Gasteiger partial charge in [-0.05, 0) is 37.6 Å². The lowest BCUT2D eigenvalue weighted by Crippen LogP contribution is -2.08. The van der Waals surface area contributed by atoms with Crippen LogP contribution >= 0.6 is 0 Å². The van der Waals surface area contributed by atoms with E-state index in [2.05, 4.69) is 6.07 Å². The minimum absolute atomic E-state index is 0.00322. The summed E-state index contributed by atoms with van der Waals surface area (Å²) in [6.45, 7) is 4.16. The molecule has 0 heterocycles. The van der Waals surface area contributed by atoms with Gasteiger partial charge < -0.3 is 20.3 Å². The zero-order valence-corrected chi connectivity index (χ0v) is 15.6. The Morgan fingerprint density at radius 1 is 1.19 bits per heavy atom. The minimum atomic E-state index is -0.180. The number of nitrogens with two attached hydrogens (primary N) is 1. The number of nitriles is 1. The van der Waals surface area contributed by atoms with E-state index in [0.717, 1.165) is 6.42 Å². The summed E-state index contributed by atoms with van der Waals surface area (Å²) in [6.07, 6.45) is 2.02. The topological polar surface area (TPSA) is 106 Å². The summed E-state index contributed by atoms with van der Waals surface area (Å²) >= 11 is 0. The van der Waals surface area contributed by atoms with Crippen molar-refractivity contribution in [2.24, 2.45) is 0 Å². The number of ether oxygens (including phenoxy) is 2. The standard InChI is InChI=1S/C21H24N2O4/c1-3-5-18-19(9-8-17(14(2)24)21(18)25)26-10-4-11-27-20-12-16(23)7-6-15(20)13-22/h6-9,12,25H,3-5,10-11,23H2,1-2H3. The van der Waals surface area contributed by atoms with Gasteiger partial charge in [0, 0.05) is 23.7 Å². The number of phenols is 1. The van der Waals surface area contributed by atoms with E-state index in [0.29, 0.717) is 59.9 Å². The van der Waals surface area contributed by atoms with E-state index in [4.69, 9.17) is 20.5 Å². The fourth-order valence-corrected chi connectivity index (χ4v) is 2.70. The van der Waals surface area contributed by atoms with Gasteiger partial charge in [0.25, 0.3) is 0 Å². The van der Waals surface area contributed by atoms with Crippen molar-refractivity contribution in [3.63, 3.8) is 0 Å². The maximum Gasteiger partial charge on any atom is 0.163 e. The Kier molecular flexibility index (Phi) is 7.07. The van der Waals surface area contributed by atoms with Crippen molar-refractivity contribution < 1.29 is 19.4 Å². The van der Waals surface area contributed by atoms with Gasteiger partial charge in [0.15, 0.2) is 5.78 Å². The molecule has 0 radical (unpaired) electrons. The van der Waals surface area contributed by atoms with E-state index < -0.39 is 0 Å². The van der Waals surface area contributed by atoms with Crippen LogP contribution in [0.15, 0.2) is 30.3 Å². The molecule has 27 heavy (non-hydrogen) atoms. The van der Waals surface area contributed by atoms with Crippen LogP contribution in [-0.4, -0.2) is 24.1 Å². The van der Waals surface area contributed by atoms with Gasteiger partial charge in [-0.1, -0.05) is 13.3 Å². The smallest absolute Gasteiger partial charge is 0.163 e. The van der Waals surface area contributed by atoms with Crippen molar-refractivity contribution >= 4 is 11.5 Å². The zero-order chi connectivity index (χ0) is 19.8. The number of benzene rings is 2. The third-order valence-electron chi connectivity index (χ3n) is 4.05. The largest absolute Gasteiger partial charge is 0.507 e. The first-order chi connectivity index (χ1) is 13.0. The third-order valence-corrected chi connectivity index (χ3v) is 4.05. The number of ketones is 1. The predicted molar refractivity (Wildman–Crippen MR) is 103 cm³/mol. The number of aromatic hydroxyl groups is 1. The van der Waals surface area contributed by atoms with E-state index in [1.54, 1.807) is 30.3 Å². The number of carbonyl (C=O) groups excluding carboxylic acids is 1. The molecule has 3 N–H and O–H groups in total. The van der Waals surface area contributed by atoms with E-state index in [9.17, 15) is 9.90 Å². The van der Waals surface area contributed by atoms with Gasteiger partial charge in [-0.25, -0.2) is 0 Å². The van der Waals surface area contributed by atoms with Gasteiger partial charge in [0.1, 0.15) is 23.3 Å². The summed E-state index contributed by atoms with van der Waals surface area (Å²) in [4.78, 5) is 11.6. The number of hydrogen-bond acceptors (Lipinski definition) is 6. The summed E-state index contributed by atoms with van der Waals surface area (Å²) in [7, 11) is 0. The summed E-state index contributed by atoms with van der Waals surface area (Å²) in [5.74, 6) is 0.838. The van der Waals surface area contributed by atoms with E-state index in [1.165, 1.54) is 6.92 Å². The molecule has 2 rings (SSSR count). The quantitative estimate of drug-likeness (QED) is 0.396. The SMILES string of the molecule is CCCc1c(OCCCOc2cc(N)ccc2C#N)ccc(C(C)=O)c1O. The molecular weight excluding hydrogens is 344 g/mol. The maximum atomic E-state index is 11.6. The molecule has 0 aliphatic rings. The lowest BCUT2D eigenvalue weighted by molar-refractivity contribution is 0.101. The number of carbonyl (C=O) groups is 1. The molecule has 0 unspecified atom stereocenters. The van der Waals surface area contributed by atoms with Crippen LogP contribution < -0.4 is 15.2 Å². The van der Waals surface area contributed by atoms with Crippen molar-refractivity contribution in [2.75, 3.05) is 18.9 Å². The average Bonchev–Trinajstić information content (AvgIpc) is 2.64. The van der Waals surface area contributed by atoms with E-state index in [1.807, 2.05) is 6.92 Å². The van der Waals surface area contributed by atoms with Crippen LogP contribution in [0.4, 0.5) is 5.69 Å². The molecule has 2 aromatic rings. The second kappa shape index (κ2) is 9.48. The van der Waals surface area contributed by atoms with E-state index >= 15 is 0 Å². The Balaban J connectivity index is 1.96.